The van der Waals surface area contributed by atoms with E-state index in [0.29, 0.717) is 4.21 Å². The highest BCUT2D eigenvalue weighted by molar-refractivity contribution is 7.91. The summed E-state index contributed by atoms with van der Waals surface area (Å²) in [6.45, 7) is 0. The minimum atomic E-state index is -3.36. The molecule has 2 atom stereocenters. The third-order valence-electron chi connectivity index (χ3n) is 2.89. The average molecular weight is 297 g/mol. The topological polar surface area (TPSA) is 72.2 Å². The molecule has 1 aromatic rings. The molecule has 2 unspecified atom stereocenters. The number of rotatable bonds is 3. The van der Waals surface area contributed by atoms with Crippen molar-refractivity contribution in [2.45, 2.75) is 42.0 Å². The molecule has 1 heterocycles. The van der Waals surface area contributed by atoms with Gasteiger partial charge in [-0.1, -0.05) is 18.9 Å². The van der Waals surface area contributed by atoms with E-state index in [1.807, 2.05) is 0 Å². The molecule has 0 spiro atoms. The fraction of sp³-hybridized carbons (Fsp3) is 0.600. The summed E-state index contributed by atoms with van der Waals surface area (Å²) >= 11 is 1.23. The van der Waals surface area contributed by atoms with Gasteiger partial charge in [-0.05, 0) is 24.3 Å². The fourth-order valence-electron chi connectivity index (χ4n) is 1.98. The van der Waals surface area contributed by atoms with E-state index < -0.39 is 10.0 Å². The predicted molar refractivity (Wildman–Crippen MR) is 72.1 cm³/mol. The summed E-state index contributed by atoms with van der Waals surface area (Å²) in [6, 6.07) is 3.19. The van der Waals surface area contributed by atoms with E-state index in [9.17, 15) is 8.42 Å². The van der Waals surface area contributed by atoms with Crippen molar-refractivity contribution < 1.29 is 8.42 Å². The van der Waals surface area contributed by atoms with E-state index in [2.05, 4.69) is 4.72 Å². The zero-order valence-electron chi connectivity index (χ0n) is 9.33. The number of nitrogens with two attached hydrogens (primary N) is 1. The zero-order chi connectivity index (χ0) is 11.6. The standard InChI is InChI=1S/C10H16N2O2S2.ClH/c11-8-4-1-2-5-9(8)12-16(13,14)10-6-3-7-15-10;/h3,6-9,12H,1-2,4-5,11H2;1H. The molecule has 0 saturated heterocycles. The van der Waals surface area contributed by atoms with E-state index in [1.165, 1.54) is 11.3 Å². The first-order valence-electron chi connectivity index (χ1n) is 5.41. The number of hydrogen-bond acceptors (Lipinski definition) is 4. The van der Waals surface area contributed by atoms with Crippen molar-refractivity contribution in [3.05, 3.63) is 17.5 Å². The van der Waals surface area contributed by atoms with Crippen LogP contribution in [-0.4, -0.2) is 20.5 Å². The van der Waals surface area contributed by atoms with Crippen LogP contribution < -0.4 is 10.5 Å². The van der Waals surface area contributed by atoms with Gasteiger partial charge in [-0.2, -0.15) is 0 Å². The van der Waals surface area contributed by atoms with Gasteiger partial charge in [0.1, 0.15) is 4.21 Å². The van der Waals surface area contributed by atoms with Gasteiger partial charge >= 0.3 is 0 Å². The highest BCUT2D eigenvalue weighted by atomic mass is 35.5. The summed E-state index contributed by atoms with van der Waals surface area (Å²) in [6.07, 6.45) is 3.88. The monoisotopic (exact) mass is 296 g/mol. The molecule has 1 aliphatic rings. The Balaban J connectivity index is 0.00000144. The molecule has 0 amide bonds. The Kier molecular flexibility index (Phi) is 5.40. The fourth-order valence-corrected chi connectivity index (χ4v) is 4.31. The van der Waals surface area contributed by atoms with E-state index in [4.69, 9.17) is 5.73 Å². The van der Waals surface area contributed by atoms with Crippen LogP contribution in [0.4, 0.5) is 0 Å². The Bertz CT molecular complexity index is 433. The summed E-state index contributed by atoms with van der Waals surface area (Å²) in [5.41, 5.74) is 5.92. The lowest BCUT2D eigenvalue weighted by molar-refractivity contribution is 0.361. The SMILES string of the molecule is Cl.NC1CCCCC1NS(=O)(=O)c1cccs1. The van der Waals surface area contributed by atoms with Crippen molar-refractivity contribution in [1.29, 1.82) is 0 Å². The van der Waals surface area contributed by atoms with Gasteiger partial charge in [0.05, 0.1) is 0 Å². The first kappa shape index (κ1) is 14.9. The van der Waals surface area contributed by atoms with Gasteiger partial charge < -0.3 is 5.73 Å². The largest absolute Gasteiger partial charge is 0.326 e. The third kappa shape index (κ3) is 3.66. The molecule has 1 fully saturated rings. The molecule has 17 heavy (non-hydrogen) atoms. The number of sulfonamides is 1. The number of halogens is 1. The van der Waals surface area contributed by atoms with Crippen LogP contribution in [0.5, 0.6) is 0 Å². The van der Waals surface area contributed by atoms with Gasteiger partial charge in [-0.25, -0.2) is 13.1 Å². The maximum Gasteiger partial charge on any atom is 0.250 e. The maximum absolute atomic E-state index is 12.0. The second-order valence-corrected chi connectivity index (χ2v) is 7.00. The van der Waals surface area contributed by atoms with Crippen LogP contribution in [-0.2, 0) is 10.0 Å². The summed E-state index contributed by atoms with van der Waals surface area (Å²) in [4.78, 5) is 0. The molecule has 0 bridgehead atoms. The summed E-state index contributed by atoms with van der Waals surface area (Å²) in [5.74, 6) is 0. The highest BCUT2D eigenvalue weighted by Gasteiger charge is 2.27. The van der Waals surface area contributed by atoms with Crippen molar-refractivity contribution in [3.8, 4) is 0 Å². The molecule has 1 aromatic heterocycles. The molecule has 98 valence electrons. The van der Waals surface area contributed by atoms with Crippen LogP contribution in [0.1, 0.15) is 25.7 Å². The van der Waals surface area contributed by atoms with Crippen LogP contribution >= 0.6 is 23.7 Å². The summed E-state index contributed by atoms with van der Waals surface area (Å²) < 4.78 is 27.0. The lowest BCUT2D eigenvalue weighted by atomic mass is 9.92. The van der Waals surface area contributed by atoms with Crippen molar-refractivity contribution in [1.82, 2.24) is 4.72 Å². The van der Waals surface area contributed by atoms with Crippen LogP contribution in [0.15, 0.2) is 21.7 Å². The molecular formula is C10H17ClN2O2S2. The molecule has 2 rings (SSSR count). The van der Waals surface area contributed by atoms with Crippen molar-refractivity contribution in [2.24, 2.45) is 5.73 Å². The van der Waals surface area contributed by atoms with Crippen LogP contribution in [0.25, 0.3) is 0 Å². The average Bonchev–Trinajstić information content (AvgIpc) is 2.75. The summed E-state index contributed by atoms with van der Waals surface area (Å²) in [5, 5.41) is 1.76. The van der Waals surface area contributed by atoms with E-state index in [-0.39, 0.29) is 24.5 Å². The lowest BCUT2D eigenvalue weighted by Gasteiger charge is -2.28. The third-order valence-corrected chi connectivity index (χ3v) is 5.77. The molecule has 3 N–H and O–H groups in total. The van der Waals surface area contributed by atoms with Gasteiger partial charge in [0.2, 0.25) is 10.0 Å². The predicted octanol–water partition coefficient (Wildman–Crippen LogP) is 1.72. The molecule has 1 saturated carbocycles. The van der Waals surface area contributed by atoms with E-state index in [1.54, 1.807) is 17.5 Å². The van der Waals surface area contributed by atoms with Crippen LogP contribution in [0, 0.1) is 0 Å². The second kappa shape index (κ2) is 6.15. The lowest BCUT2D eigenvalue weighted by Crippen LogP contribution is -2.49. The zero-order valence-corrected chi connectivity index (χ0v) is 11.8. The molecule has 0 radical (unpaired) electrons. The Labute approximate surface area is 112 Å². The molecular weight excluding hydrogens is 280 g/mol. The van der Waals surface area contributed by atoms with Gasteiger partial charge in [-0.15, -0.1) is 23.7 Å². The van der Waals surface area contributed by atoms with Gasteiger partial charge in [-0.3, -0.25) is 0 Å². The Hall–Kier alpha value is -0.140. The van der Waals surface area contributed by atoms with Crippen molar-refractivity contribution in [3.63, 3.8) is 0 Å². The molecule has 1 aliphatic carbocycles. The maximum atomic E-state index is 12.0. The minimum Gasteiger partial charge on any atom is -0.326 e. The minimum absolute atomic E-state index is 0. The van der Waals surface area contributed by atoms with E-state index in [0.717, 1.165) is 25.7 Å². The number of thiophene rings is 1. The van der Waals surface area contributed by atoms with Gasteiger partial charge in [0.15, 0.2) is 0 Å². The Morgan fingerprint density at radius 1 is 1.35 bits per heavy atom. The molecule has 0 aliphatic heterocycles. The first-order chi connectivity index (χ1) is 7.59. The van der Waals surface area contributed by atoms with Gasteiger partial charge in [0, 0.05) is 12.1 Å². The van der Waals surface area contributed by atoms with Crippen molar-refractivity contribution in [2.75, 3.05) is 0 Å². The quantitative estimate of drug-likeness (QED) is 0.892. The Morgan fingerprint density at radius 2 is 2.06 bits per heavy atom. The first-order valence-corrected chi connectivity index (χ1v) is 7.77. The normalized spacial score (nSPS) is 25.2. The number of nitrogens with one attached hydrogen (secondary N) is 1. The summed E-state index contributed by atoms with van der Waals surface area (Å²) in [7, 11) is -3.36. The second-order valence-electron chi connectivity index (χ2n) is 4.11. The molecule has 4 nitrogen and oxygen atoms in total. The Morgan fingerprint density at radius 3 is 2.65 bits per heavy atom. The molecule has 7 heteroatoms. The number of hydrogen-bond donors (Lipinski definition) is 2. The van der Waals surface area contributed by atoms with Crippen molar-refractivity contribution >= 4 is 33.8 Å². The van der Waals surface area contributed by atoms with Crippen LogP contribution in [0.2, 0.25) is 0 Å². The van der Waals surface area contributed by atoms with Crippen LogP contribution in [0.3, 0.4) is 0 Å². The smallest absolute Gasteiger partial charge is 0.250 e. The highest BCUT2D eigenvalue weighted by Crippen LogP contribution is 2.21. The van der Waals surface area contributed by atoms with Gasteiger partial charge in [0.25, 0.3) is 0 Å². The molecule has 0 aromatic carbocycles. The van der Waals surface area contributed by atoms with E-state index >= 15 is 0 Å².